The van der Waals surface area contributed by atoms with Crippen molar-refractivity contribution in [3.8, 4) is 11.1 Å². The number of nitrogens with one attached hydrogen (secondary N) is 1. The minimum atomic E-state index is -0.444. The molecule has 0 spiro atoms. The third-order valence-corrected chi connectivity index (χ3v) is 4.71. The molecule has 27 heavy (non-hydrogen) atoms. The third kappa shape index (κ3) is 4.71. The molecule has 3 rings (SSSR count). The summed E-state index contributed by atoms with van der Waals surface area (Å²) in [5, 5.41) is 5.14. The number of anilines is 1. The van der Waals surface area contributed by atoms with Crippen molar-refractivity contribution in [2.45, 2.75) is 6.92 Å². The van der Waals surface area contributed by atoms with Crippen molar-refractivity contribution in [1.29, 1.82) is 0 Å². The van der Waals surface area contributed by atoms with Crippen molar-refractivity contribution in [3.05, 3.63) is 83.2 Å². The Labute approximate surface area is 162 Å². The lowest BCUT2D eigenvalue weighted by molar-refractivity contribution is -0.111. The Morgan fingerprint density at radius 2 is 1.70 bits per heavy atom. The van der Waals surface area contributed by atoms with Crippen LogP contribution in [0.3, 0.4) is 0 Å². The molecule has 0 aliphatic carbocycles. The fraction of sp³-hybridized carbons (Fsp3) is 0.0909. The van der Waals surface area contributed by atoms with Crippen molar-refractivity contribution in [1.82, 2.24) is 0 Å². The number of esters is 1. The van der Waals surface area contributed by atoms with Crippen molar-refractivity contribution in [3.63, 3.8) is 0 Å². The average Bonchev–Trinajstić information content (AvgIpc) is 3.11. The summed E-state index contributed by atoms with van der Waals surface area (Å²) in [6.07, 6.45) is 3.18. The van der Waals surface area contributed by atoms with Crippen LogP contribution in [0.1, 0.15) is 22.8 Å². The molecule has 0 aliphatic rings. The number of rotatable bonds is 6. The van der Waals surface area contributed by atoms with Crippen LogP contribution >= 0.6 is 11.3 Å². The minimum Gasteiger partial charge on any atom is -0.462 e. The summed E-state index contributed by atoms with van der Waals surface area (Å²) < 4.78 is 5.20. The molecule has 0 saturated carbocycles. The van der Waals surface area contributed by atoms with Crippen LogP contribution in [-0.4, -0.2) is 18.5 Å². The summed E-state index contributed by atoms with van der Waals surface area (Å²) in [4.78, 5) is 24.8. The first-order valence-electron chi connectivity index (χ1n) is 8.57. The summed E-state index contributed by atoms with van der Waals surface area (Å²) in [6.45, 7) is 2.03. The smallest absolute Gasteiger partial charge is 0.341 e. The Hall–Kier alpha value is -3.18. The van der Waals surface area contributed by atoms with Gasteiger partial charge in [-0.2, -0.15) is 0 Å². The summed E-state index contributed by atoms with van der Waals surface area (Å²) >= 11 is 1.31. The molecule has 0 unspecified atom stereocenters. The number of thiophene rings is 1. The molecule has 1 aromatic heterocycles. The lowest BCUT2D eigenvalue weighted by Gasteiger charge is -2.07. The van der Waals surface area contributed by atoms with Crippen LogP contribution in [0, 0.1) is 0 Å². The van der Waals surface area contributed by atoms with Crippen molar-refractivity contribution < 1.29 is 14.3 Å². The predicted molar refractivity (Wildman–Crippen MR) is 110 cm³/mol. The molecule has 0 aliphatic heterocycles. The zero-order valence-electron chi connectivity index (χ0n) is 14.8. The molecule has 0 radical (unpaired) electrons. The van der Waals surface area contributed by atoms with Crippen LogP contribution in [0.15, 0.2) is 72.1 Å². The molecule has 1 N–H and O–H groups in total. The Morgan fingerprint density at radius 3 is 2.37 bits per heavy atom. The van der Waals surface area contributed by atoms with E-state index in [1.807, 2.05) is 66.0 Å². The fourth-order valence-electron chi connectivity index (χ4n) is 2.58. The van der Waals surface area contributed by atoms with E-state index < -0.39 is 5.97 Å². The molecule has 5 heteroatoms. The molecule has 1 amide bonds. The number of ether oxygens (including phenoxy) is 1. The van der Waals surface area contributed by atoms with Crippen molar-refractivity contribution in [2.24, 2.45) is 0 Å². The van der Waals surface area contributed by atoms with Gasteiger partial charge in [0.1, 0.15) is 10.6 Å². The molecule has 3 aromatic rings. The first-order valence-corrected chi connectivity index (χ1v) is 9.45. The van der Waals surface area contributed by atoms with Crippen LogP contribution in [0.25, 0.3) is 17.2 Å². The number of amides is 1. The van der Waals surface area contributed by atoms with E-state index in [0.29, 0.717) is 10.6 Å². The summed E-state index contributed by atoms with van der Waals surface area (Å²) in [5.74, 6) is -0.745. The van der Waals surface area contributed by atoms with Gasteiger partial charge in [0.2, 0.25) is 5.91 Å². The highest BCUT2D eigenvalue weighted by molar-refractivity contribution is 7.15. The van der Waals surface area contributed by atoms with Gasteiger partial charge in [0, 0.05) is 17.0 Å². The summed E-state index contributed by atoms with van der Waals surface area (Å²) in [6, 6.07) is 19.1. The summed E-state index contributed by atoms with van der Waals surface area (Å²) in [5.41, 5.74) is 2.96. The van der Waals surface area contributed by atoms with Gasteiger partial charge in [-0.1, -0.05) is 60.7 Å². The molecular formula is C22H19NO3S. The van der Waals surface area contributed by atoms with Crippen LogP contribution in [0.5, 0.6) is 0 Å². The number of hydrogen-bond donors (Lipinski definition) is 1. The second kappa shape index (κ2) is 8.96. The zero-order valence-corrected chi connectivity index (χ0v) is 15.7. The lowest BCUT2D eigenvalue weighted by atomic mass is 10.0. The van der Waals surface area contributed by atoms with Gasteiger partial charge in [0.25, 0.3) is 0 Å². The monoisotopic (exact) mass is 377 g/mol. The maximum atomic E-state index is 12.5. The number of hydrogen-bond acceptors (Lipinski definition) is 4. The second-order valence-electron chi connectivity index (χ2n) is 5.67. The number of carbonyl (C=O) groups is 2. The Balaban J connectivity index is 1.86. The van der Waals surface area contributed by atoms with E-state index in [2.05, 4.69) is 5.32 Å². The Bertz CT molecular complexity index is 946. The predicted octanol–water partition coefficient (Wildman–Crippen LogP) is 5.24. The topological polar surface area (TPSA) is 55.4 Å². The van der Waals surface area contributed by atoms with Gasteiger partial charge in [0.15, 0.2) is 0 Å². The van der Waals surface area contributed by atoms with Gasteiger partial charge < -0.3 is 10.1 Å². The largest absolute Gasteiger partial charge is 0.462 e. The molecule has 136 valence electrons. The van der Waals surface area contributed by atoms with Gasteiger partial charge in [0.05, 0.1) is 6.61 Å². The first-order chi connectivity index (χ1) is 13.2. The molecule has 0 atom stereocenters. The van der Waals surface area contributed by atoms with Crippen molar-refractivity contribution >= 4 is 34.3 Å². The summed E-state index contributed by atoms with van der Waals surface area (Å²) in [7, 11) is 0. The van der Waals surface area contributed by atoms with Gasteiger partial charge in [-0.05, 0) is 24.1 Å². The fourth-order valence-corrected chi connectivity index (χ4v) is 3.54. The molecule has 4 nitrogen and oxygen atoms in total. The van der Waals surface area contributed by atoms with Crippen LogP contribution < -0.4 is 5.32 Å². The molecule has 0 fully saturated rings. The SMILES string of the molecule is CCOC(=O)c1c(-c2ccccc2)csc1NC(=O)/C=C/c1ccccc1. The van der Waals surface area contributed by atoms with Gasteiger partial charge in [-0.25, -0.2) is 4.79 Å². The van der Waals surface area contributed by atoms with Gasteiger partial charge >= 0.3 is 5.97 Å². The van der Waals surface area contributed by atoms with Crippen LogP contribution in [0.2, 0.25) is 0 Å². The Morgan fingerprint density at radius 1 is 1.04 bits per heavy atom. The maximum Gasteiger partial charge on any atom is 0.341 e. The number of benzene rings is 2. The van der Waals surface area contributed by atoms with E-state index in [9.17, 15) is 9.59 Å². The third-order valence-electron chi connectivity index (χ3n) is 3.82. The first kappa shape index (κ1) is 18.6. The molecular weight excluding hydrogens is 358 g/mol. The highest BCUT2D eigenvalue weighted by Gasteiger charge is 2.22. The lowest BCUT2D eigenvalue weighted by Crippen LogP contribution is -2.12. The zero-order chi connectivity index (χ0) is 19.1. The number of carbonyl (C=O) groups excluding carboxylic acids is 2. The van der Waals surface area contributed by atoms with Gasteiger partial charge in [-0.3, -0.25) is 4.79 Å². The van der Waals surface area contributed by atoms with Gasteiger partial charge in [-0.15, -0.1) is 11.3 Å². The van der Waals surface area contributed by atoms with E-state index in [1.165, 1.54) is 17.4 Å². The normalized spacial score (nSPS) is 10.7. The molecule has 2 aromatic carbocycles. The van der Waals surface area contributed by atoms with E-state index >= 15 is 0 Å². The van der Waals surface area contributed by atoms with E-state index in [4.69, 9.17) is 4.74 Å². The molecule has 0 bridgehead atoms. The van der Waals surface area contributed by atoms with E-state index in [0.717, 1.165) is 16.7 Å². The van der Waals surface area contributed by atoms with Crippen molar-refractivity contribution in [2.75, 3.05) is 11.9 Å². The van der Waals surface area contributed by atoms with Crippen LogP contribution in [-0.2, 0) is 9.53 Å². The highest BCUT2D eigenvalue weighted by Crippen LogP contribution is 2.36. The molecule has 1 heterocycles. The van der Waals surface area contributed by atoms with E-state index in [-0.39, 0.29) is 12.5 Å². The maximum absolute atomic E-state index is 12.5. The highest BCUT2D eigenvalue weighted by atomic mass is 32.1. The standard InChI is InChI=1S/C22H19NO3S/c1-2-26-22(25)20-18(17-11-7-4-8-12-17)15-27-21(20)23-19(24)14-13-16-9-5-3-6-10-16/h3-15H,2H2,1H3,(H,23,24)/b14-13+. The van der Waals surface area contributed by atoms with E-state index in [1.54, 1.807) is 13.0 Å². The molecule has 0 saturated heterocycles. The van der Waals surface area contributed by atoms with Crippen LogP contribution in [0.4, 0.5) is 5.00 Å². The quantitative estimate of drug-likeness (QED) is 0.472. The average molecular weight is 377 g/mol. The minimum absolute atomic E-state index is 0.268. The Kier molecular flexibility index (Phi) is 6.18. The second-order valence-corrected chi connectivity index (χ2v) is 6.55.